The Kier molecular flexibility index (Phi) is 6.22. The van der Waals surface area contributed by atoms with E-state index in [1.165, 1.54) is 16.7 Å². The van der Waals surface area contributed by atoms with Crippen molar-refractivity contribution in [2.75, 3.05) is 20.8 Å². The van der Waals surface area contributed by atoms with E-state index in [0.717, 1.165) is 35.9 Å². The molecule has 0 fully saturated rings. The molecule has 4 aromatic rings. The van der Waals surface area contributed by atoms with Crippen molar-refractivity contribution >= 4 is 12.2 Å². The molecule has 0 radical (unpaired) electrons. The molecule has 0 bridgehead atoms. The zero-order valence-corrected chi connectivity index (χ0v) is 20.5. The molecule has 3 aromatic carbocycles. The number of rotatable bonds is 6. The van der Waals surface area contributed by atoms with Crippen LogP contribution in [0.2, 0.25) is 0 Å². The zero-order chi connectivity index (χ0) is 23.7. The summed E-state index contributed by atoms with van der Waals surface area (Å²) in [5, 5.41) is 4.91. The van der Waals surface area contributed by atoms with Crippen molar-refractivity contribution in [3.8, 4) is 22.9 Å². The smallest absolute Gasteiger partial charge is 0.199 e. The molecule has 174 valence electrons. The third kappa shape index (κ3) is 4.02. The Morgan fingerprint density at radius 1 is 0.941 bits per heavy atom. The molecule has 1 aromatic heterocycles. The monoisotopic (exact) mass is 472 g/mol. The Bertz CT molecular complexity index is 1350. The van der Waals surface area contributed by atoms with Gasteiger partial charge in [0.05, 0.1) is 26.9 Å². The lowest BCUT2D eigenvalue weighted by Crippen LogP contribution is -2.37. The van der Waals surface area contributed by atoms with Crippen molar-refractivity contribution in [2.45, 2.75) is 19.1 Å². The van der Waals surface area contributed by atoms with Gasteiger partial charge < -0.3 is 14.0 Å². The number of nitrogens with zero attached hydrogens (tertiary/aromatic N) is 4. The van der Waals surface area contributed by atoms with E-state index in [1.54, 1.807) is 14.2 Å². The summed E-state index contributed by atoms with van der Waals surface area (Å²) in [4.78, 5) is 2.43. The van der Waals surface area contributed by atoms with Gasteiger partial charge in [0.1, 0.15) is 0 Å². The Hall–Kier alpha value is -3.42. The lowest BCUT2D eigenvalue weighted by atomic mass is 9.88. The van der Waals surface area contributed by atoms with Crippen LogP contribution in [0.4, 0.5) is 0 Å². The van der Waals surface area contributed by atoms with Crippen molar-refractivity contribution in [1.82, 2.24) is 19.2 Å². The normalized spacial score (nSPS) is 15.7. The van der Waals surface area contributed by atoms with Gasteiger partial charge in [-0.25, -0.2) is 4.68 Å². The van der Waals surface area contributed by atoms with Crippen molar-refractivity contribution in [1.29, 1.82) is 0 Å². The van der Waals surface area contributed by atoms with Crippen LogP contribution in [-0.4, -0.2) is 40.0 Å². The molecule has 34 heavy (non-hydrogen) atoms. The first-order valence-corrected chi connectivity index (χ1v) is 11.7. The highest BCUT2D eigenvalue weighted by molar-refractivity contribution is 7.71. The van der Waals surface area contributed by atoms with E-state index >= 15 is 0 Å². The molecular weight excluding hydrogens is 444 g/mol. The summed E-state index contributed by atoms with van der Waals surface area (Å²) in [6.07, 6.45) is 0.907. The quantitative estimate of drug-likeness (QED) is 0.359. The number of benzene rings is 3. The van der Waals surface area contributed by atoms with Crippen LogP contribution < -0.4 is 9.47 Å². The van der Waals surface area contributed by atoms with E-state index in [-0.39, 0.29) is 6.04 Å². The molecule has 1 unspecified atom stereocenters. The minimum atomic E-state index is 0.0498. The molecule has 7 heteroatoms. The molecule has 6 nitrogen and oxygen atoms in total. The topological polar surface area (TPSA) is 44.5 Å². The van der Waals surface area contributed by atoms with Gasteiger partial charge in [-0.05, 0) is 47.5 Å². The number of ether oxygens (including phenoxy) is 2. The van der Waals surface area contributed by atoms with Crippen LogP contribution in [0.1, 0.15) is 22.7 Å². The third-order valence-corrected chi connectivity index (χ3v) is 6.96. The van der Waals surface area contributed by atoms with E-state index < -0.39 is 0 Å². The Balaban J connectivity index is 1.57. The first-order valence-electron chi connectivity index (χ1n) is 11.3. The van der Waals surface area contributed by atoms with Gasteiger partial charge in [0.25, 0.3) is 0 Å². The molecule has 5 rings (SSSR count). The van der Waals surface area contributed by atoms with Gasteiger partial charge in [0, 0.05) is 19.2 Å². The maximum Gasteiger partial charge on any atom is 0.199 e. The van der Waals surface area contributed by atoms with Crippen molar-refractivity contribution in [3.05, 3.63) is 94.3 Å². The van der Waals surface area contributed by atoms with E-state index in [4.69, 9.17) is 26.8 Å². The highest BCUT2D eigenvalue weighted by Gasteiger charge is 2.31. The molecular formula is C27H28N4O2S. The lowest BCUT2D eigenvalue weighted by molar-refractivity contribution is 0.154. The van der Waals surface area contributed by atoms with Crippen LogP contribution in [0.5, 0.6) is 11.5 Å². The van der Waals surface area contributed by atoms with E-state index in [1.807, 2.05) is 40.6 Å². The minimum Gasteiger partial charge on any atom is -0.493 e. The summed E-state index contributed by atoms with van der Waals surface area (Å²) in [7, 11) is 5.34. The van der Waals surface area contributed by atoms with Gasteiger partial charge in [-0.15, -0.1) is 0 Å². The van der Waals surface area contributed by atoms with E-state index in [9.17, 15) is 0 Å². The number of hydrogen-bond donors (Lipinski definition) is 0. The van der Waals surface area contributed by atoms with Gasteiger partial charge in [-0.3, -0.25) is 4.90 Å². The highest BCUT2D eigenvalue weighted by Crippen LogP contribution is 2.41. The number of hydrogen-bond acceptors (Lipinski definition) is 5. The highest BCUT2D eigenvalue weighted by atomic mass is 32.1. The second kappa shape index (κ2) is 9.44. The van der Waals surface area contributed by atoms with Crippen molar-refractivity contribution in [2.24, 2.45) is 7.05 Å². The summed E-state index contributed by atoms with van der Waals surface area (Å²) < 4.78 is 15.8. The maximum absolute atomic E-state index is 5.79. The predicted octanol–water partition coefficient (Wildman–Crippen LogP) is 5.24. The van der Waals surface area contributed by atoms with Crippen molar-refractivity contribution in [3.63, 3.8) is 0 Å². The second-order valence-corrected chi connectivity index (χ2v) is 8.82. The number of methoxy groups -OCH3 is 2. The van der Waals surface area contributed by atoms with Crippen LogP contribution in [0, 0.1) is 4.77 Å². The second-order valence-electron chi connectivity index (χ2n) is 8.45. The summed E-state index contributed by atoms with van der Waals surface area (Å²) in [5.74, 6) is 2.37. The molecule has 0 saturated carbocycles. The maximum atomic E-state index is 5.79. The largest absolute Gasteiger partial charge is 0.493 e. The van der Waals surface area contributed by atoms with Gasteiger partial charge in [0.15, 0.2) is 22.1 Å². The third-order valence-electron chi connectivity index (χ3n) is 6.48. The average Bonchev–Trinajstić information content (AvgIpc) is 3.17. The predicted molar refractivity (Wildman–Crippen MR) is 136 cm³/mol. The van der Waals surface area contributed by atoms with E-state index in [0.29, 0.717) is 11.4 Å². The van der Waals surface area contributed by atoms with Gasteiger partial charge in [-0.1, -0.05) is 60.7 Å². The molecule has 1 atom stereocenters. The SMILES string of the molecule is COc1cc2c(cc1OC)C(c1ccccc1)N(Cn1nc(-c3ccccc3)n(C)c1=S)CC2. The molecule has 2 heterocycles. The first kappa shape index (κ1) is 22.4. The van der Waals surface area contributed by atoms with Crippen LogP contribution >= 0.6 is 12.2 Å². The van der Waals surface area contributed by atoms with Crippen LogP contribution in [-0.2, 0) is 20.1 Å². The Morgan fingerprint density at radius 3 is 2.26 bits per heavy atom. The number of fused-ring (bicyclic) bond motifs is 1. The first-order chi connectivity index (χ1) is 16.6. The summed E-state index contributed by atoms with van der Waals surface area (Å²) in [6, 6.07) is 25.0. The van der Waals surface area contributed by atoms with Gasteiger partial charge in [0.2, 0.25) is 0 Å². The summed E-state index contributed by atoms with van der Waals surface area (Å²) in [5.41, 5.74) is 4.77. The molecule has 0 spiro atoms. The molecule has 1 aliphatic heterocycles. The number of aromatic nitrogens is 3. The van der Waals surface area contributed by atoms with Gasteiger partial charge >= 0.3 is 0 Å². The van der Waals surface area contributed by atoms with Crippen LogP contribution in [0.25, 0.3) is 11.4 Å². The summed E-state index contributed by atoms with van der Waals surface area (Å²) in [6.45, 7) is 1.47. The fraction of sp³-hybridized carbons (Fsp3) is 0.259. The standard InChI is InChI=1S/C27H28N4O2S/c1-29-26(20-12-8-5-9-13-20)28-31(27(29)34)18-30-15-14-21-16-23(32-2)24(33-3)17-22(21)25(30)19-10-6-4-7-11-19/h4-13,16-17,25H,14-15,18H2,1-3H3. The molecule has 0 saturated heterocycles. The minimum absolute atomic E-state index is 0.0498. The fourth-order valence-corrected chi connectivity index (χ4v) is 4.95. The lowest BCUT2D eigenvalue weighted by Gasteiger charge is -2.37. The Labute approximate surface area is 205 Å². The van der Waals surface area contributed by atoms with E-state index in [2.05, 4.69) is 53.4 Å². The summed E-state index contributed by atoms with van der Waals surface area (Å²) >= 11 is 5.79. The van der Waals surface area contributed by atoms with Gasteiger partial charge in [-0.2, -0.15) is 5.10 Å². The zero-order valence-electron chi connectivity index (χ0n) is 19.6. The van der Waals surface area contributed by atoms with Crippen LogP contribution in [0.3, 0.4) is 0 Å². The Morgan fingerprint density at radius 2 is 1.59 bits per heavy atom. The molecule has 0 N–H and O–H groups in total. The molecule has 1 aliphatic rings. The molecule has 0 aliphatic carbocycles. The fourth-order valence-electron chi connectivity index (χ4n) is 4.77. The average molecular weight is 473 g/mol. The van der Waals surface area contributed by atoms with Crippen molar-refractivity contribution < 1.29 is 9.47 Å². The molecule has 0 amide bonds. The van der Waals surface area contributed by atoms with Crippen LogP contribution in [0.15, 0.2) is 72.8 Å².